The summed E-state index contributed by atoms with van der Waals surface area (Å²) in [5.41, 5.74) is 0.346. The Balaban J connectivity index is 1.63. The van der Waals surface area contributed by atoms with Crippen molar-refractivity contribution in [1.82, 2.24) is 10.2 Å². The molecule has 3 aliphatic heterocycles. The van der Waals surface area contributed by atoms with Gasteiger partial charge in [-0.3, -0.25) is 9.05 Å². The van der Waals surface area contributed by atoms with E-state index in [1.165, 1.54) is 18.2 Å². The molecule has 0 spiro atoms. The largest absolute Gasteiger partial charge is 0.530 e. The number of thiocarbonyl (C=S) groups is 1. The average molecular weight is 500 g/mol. The summed E-state index contributed by atoms with van der Waals surface area (Å²) in [6.07, 6.45) is -7.82. The Bertz CT molecular complexity index is 1170. The van der Waals surface area contributed by atoms with Crippen molar-refractivity contribution in [3.8, 4) is 5.75 Å². The predicted octanol–water partition coefficient (Wildman–Crippen LogP) is 2.63. The van der Waals surface area contributed by atoms with Crippen LogP contribution in [0.3, 0.4) is 0 Å². The van der Waals surface area contributed by atoms with E-state index in [-0.39, 0.29) is 11.6 Å². The number of aliphatic hydroxyl groups excluding tert-OH is 2. The van der Waals surface area contributed by atoms with E-state index in [9.17, 15) is 19.2 Å². The number of hydrogen-bond acceptors (Lipinski definition) is 9. The lowest BCUT2D eigenvalue weighted by Crippen LogP contribution is -2.47. The molecule has 3 heterocycles. The number of ether oxygens (including phenoxy) is 1. The number of hydrogen-bond donors (Lipinski definition) is 3. The molecule has 9 nitrogen and oxygen atoms in total. The summed E-state index contributed by atoms with van der Waals surface area (Å²) in [5.74, 6) is -5.53. The first kappa shape index (κ1) is 18.9. The van der Waals surface area contributed by atoms with Gasteiger partial charge in [-0.15, -0.1) is 0 Å². The van der Waals surface area contributed by atoms with Gasteiger partial charge in [0.05, 0.1) is 10.7 Å². The minimum atomic E-state index is -4.85. The Morgan fingerprint density at radius 2 is 2.32 bits per heavy atom. The van der Waals surface area contributed by atoms with Crippen LogP contribution >= 0.6 is 31.6 Å². The molecule has 14 heteroatoms. The SMILES string of the molecule is [2H]C([2H])(OP1(=O)OCc2cc(Cl)ccc2O1)[C@@]1(F)O[C@@]([2H])(N2C=C(F)C(=S)NC2=C)[C@H](O)[C@@H]1O. The number of halogens is 3. The van der Waals surface area contributed by atoms with Crippen molar-refractivity contribution in [2.75, 3.05) is 6.56 Å². The topological polar surface area (TPSA) is 110 Å². The first-order valence-electron chi connectivity index (χ1n) is 9.97. The summed E-state index contributed by atoms with van der Waals surface area (Å²) in [6.45, 7) is -0.784. The van der Waals surface area contributed by atoms with E-state index in [2.05, 4.69) is 24.1 Å². The molecule has 3 aliphatic rings. The van der Waals surface area contributed by atoms with E-state index in [1.807, 2.05) is 0 Å². The predicted molar refractivity (Wildman–Crippen MR) is 107 cm³/mol. The zero-order valence-electron chi connectivity index (χ0n) is 18.3. The number of nitrogens with zero attached hydrogens (tertiary/aromatic N) is 1. The summed E-state index contributed by atoms with van der Waals surface area (Å²) >= 11 is 10.5. The van der Waals surface area contributed by atoms with Gasteiger partial charge in [0.1, 0.15) is 35.3 Å². The maximum atomic E-state index is 15.8. The number of fused-ring (bicyclic) bond motifs is 1. The second-order valence-corrected chi connectivity index (χ2v) is 8.84. The molecule has 0 aromatic heterocycles. The Morgan fingerprint density at radius 1 is 1.58 bits per heavy atom. The number of phosphoric ester groups is 1. The lowest BCUT2D eigenvalue weighted by Gasteiger charge is -2.34. The van der Waals surface area contributed by atoms with Crippen molar-refractivity contribution in [1.29, 1.82) is 0 Å². The van der Waals surface area contributed by atoms with Crippen molar-refractivity contribution in [2.45, 2.75) is 30.9 Å². The second-order valence-electron chi connectivity index (χ2n) is 6.48. The van der Waals surface area contributed by atoms with E-state index >= 15 is 4.39 Å². The molecule has 1 saturated heterocycles. The van der Waals surface area contributed by atoms with Crippen molar-refractivity contribution >= 4 is 36.6 Å². The lowest BCUT2D eigenvalue weighted by atomic mass is 10.1. The van der Waals surface area contributed by atoms with Crippen LogP contribution in [0.2, 0.25) is 5.02 Å². The van der Waals surface area contributed by atoms with Crippen molar-refractivity contribution in [3.63, 3.8) is 0 Å². The molecular formula is C17H16ClF2N2O7PS. The maximum absolute atomic E-state index is 15.8. The molecule has 3 N–H and O–H groups in total. The van der Waals surface area contributed by atoms with Gasteiger partial charge in [-0.25, -0.2) is 13.3 Å². The van der Waals surface area contributed by atoms with Crippen molar-refractivity contribution in [2.24, 2.45) is 0 Å². The van der Waals surface area contributed by atoms with Crippen LogP contribution in [0.1, 0.15) is 9.68 Å². The number of rotatable bonds is 4. The summed E-state index contributed by atoms with van der Waals surface area (Å²) < 4.78 is 86.7. The standard InChI is InChI=1S/C17H16ClF2N2O7PS/c1-8-21-15(31)11(19)5-22(8)16-13(23)14(24)17(20,28-16)7-27-30(25)26-6-9-4-10(18)2-3-12(9)29-30/h2-5,13-14,16,23-24H,1,6-7H2,(H,21,31)/t13-,14+,16-,17-,30?/m1/s1/i7D2,16D. The molecule has 0 saturated carbocycles. The van der Waals surface area contributed by atoms with Gasteiger partial charge >= 0.3 is 7.82 Å². The molecule has 0 amide bonds. The van der Waals surface area contributed by atoms with E-state index in [0.29, 0.717) is 21.7 Å². The van der Waals surface area contributed by atoms with Crippen LogP contribution in [0.5, 0.6) is 5.75 Å². The molecule has 5 atom stereocenters. The molecule has 31 heavy (non-hydrogen) atoms. The van der Waals surface area contributed by atoms with E-state index < -0.39 is 56.1 Å². The fourth-order valence-corrected chi connectivity index (χ4v) is 4.25. The first-order valence-corrected chi connectivity index (χ1v) is 10.7. The average Bonchev–Trinajstić information content (AvgIpc) is 2.92. The molecule has 168 valence electrons. The van der Waals surface area contributed by atoms with Gasteiger partial charge in [0.2, 0.25) is 0 Å². The van der Waals surface area contributed by atoms with Crippen LogP contribution in [0.15, 0.2) is 42.6 Å². The van der Waals surface area contributed by atoms with Crippen molar-refractivity contribution < 1.29 is 46.0 Å². The number of benzene rings is 1. The highest BCUT2D eigenvalue weighted by Gasteiger charge is 2.58. The molecule has 0 bridgehead atoms. The zero-order valence-corrected chi connectivity index (χ0v) is 17.7. The van der Waals surface area contributed by atoms with Gasteiger partial charge in [0.15, 0.2) is 12.0 Å². The van der Waals surface area contributed by atoms with Crippen LogP contribution in [0, 0.1) is 0 Å². The van der Waals surface area contributed by atoms with Crippen molar-refractivity contribution in [3.05, 3.63) is 53.2 Å². The molecule has 1 unspecified atom stereocenters. The van der Waals surface area contributed by atoms with E-state index in [0.717, 1.165) is 0 Å². The summed E-state index contributed by atoms with van der Waals surface area (Å²) in [5, 5.41) is 23.3. The molecule has 1 aromatic rings. The van der Waals surface area contributed by atoms with Crippen LogP contribution < -0.4 is 9.84 Å². The molecule has 1 aromatic carbocycles. The molecule has 0 aliphatic carbocycles. The smallest absolute Gasteiger partial charge is 0.404 e. The summed E-state index contributed by atoms with van der Waals surface area (Å²) in [6, 6.07) is 4.11. The van der Waals surface area contributed by atoms with E-state index in [4.69, 9.17) is 34.0 Å². The van der Waals surface area contributed by atoms with Crippen LogP contribution in [0.25, 0.3) is 0 Å². The molecular weight excluding hydrogens is 481 g/mol. The van der Waals surface area contributed by atoms with Crippen LogP contribution in [-0.2, 0) is 25.0 Å². The van der Waals surface area contributed by atoms with Gasteiger partial charge in [0.25, 0.3) is 5.85 Å². The number of alkyl halides is 1. The van der Waals surface area contributed by atoms with Crippen LogP contribution in [-0.4, -0.2) is 50.9 Å². The monoisotopic (exact) mass is 499 g/mol. The third-order valence-electron chi connectivity index (χ3n) is 4.34. The minimum Gasteiger partial charge on any atom is -0.404 e. The van der Waals surface area contributed by atoms with Gasteiger partial charge < -0.3 is 29.7 Å². The number of phosphoric acid groups is 1. The minimum absolute atomic E-state index is 0.0438. The fourth-order valence-electron chi connectivity index (χ4n) is 2.79. The third kappa shape index (κ3) is 4.22. The zero-order chi connectivity index (χ0) is 25.3. The van der Waals surface area contributed by atoms with Gasteiger partial charge in [-0.05, 0) is 18.2 Å². The highest BCUT2D eigenvalue weighted by molar-refractivity contribution is 7.80. The highest BCUT2D eigenvalue weighted by atomic mass is 35.5. The summed E-state index contributed by atoms with van der Waals surface area (Å²) in [7, 11) is -4.85. The highest BCUT2D eigenvalue weighted by Crippen LogP contribution is 2.55. The van der Waals surface area contributed by atoms with Gasteiger partial charge in [-0.2, -0.15) is 0 Å². The Hall–Kier alpha value is -1.63. The van der Waals surface area contributed by atoms with Gasteiger partial charge in [-0.1, -0.05) is 30.4 Å². The third-order valence-corrected chi connectivity index (χ3v) is 6.05. The van der Waals surface area contributed by atoms with Gasteiger partial charge in [0, 0.05) is 16.8 Å². The van der Waals surface area contributed by atoms with Crippen LogP contribution in [0.4, 0.5) is 8.78 Å². The first-order chi connectivity index (χ1) is 15.6. The molecule has 0 radical (unpaired) electrons. The lowest BCUT2D eigenvalue weighted by molar-refractivity contribution is -0.207. The molecule has 4 rings (SSSR count). The Labute approximate surface area is 189 Å². The quantitative estimate of drug-likeness (QED) is 0.422. The van der Waals surface area contributed by atoms with E-state index in [1.54, 1.807) is 0 Å². The molecule has 1 fully saturated rings. The Kier molecular flexibility index (Phi) is 4.91. The summed E-state index contributed by atoms with van der Waals surface area (Å²) in [4.78, 5) is 0.0355. The number of aliphatic hydroxyl groups is 2. The number of nitrogens with one attached hydrogen (secondary N) is 1. The fraction of sp³-hybridized carbons (Fsp3) is 0.353. The normalized spacial score (nSPS) is 39.6. The Morgan fingerprint density at radius 3 is 3.06 bits per heavy atom. The maximum Gasteiger partial charge on any atom is 0.530 e. The second kappa shape index (κ2) is 8.05.